The van der Waals surface area contributed by atoms with E-state index in [1.807, 2.05) is 6.07 Å². The van der Waals surface area contributed by atoms with Gasteiger partial charge in [0.05, 0.1) is 6.61 Å². The van der Waals surface area contributed by atoms with Gasteiger partial charge in [-0.1, -0.05) is 22.4 Å². The lowest BCUT2D eigenvalue weighted by molar-refractivity contribution is -0.0179. The van der Waals surface area contributed by atoms with Crippen LogP contribution >= 0.6 is 15.9 Å². The lowest BCUT2D eigenvalue weighted by Crippen LogP contribution is -2.43. The molecule has 0 amide bonds. The van der Waals surface area contributed by atoms with Gasteiger partial charge in [-0.3, -0.25) is 0 Å². The minimum absolute atomic E-state index is 0.133. The van der Waals surface area contributed by atoms with Crippen LogP contribution in [0.1, 0.15) is 30.4 Å². The first kappa shape index (κ1) is 11.5. The zero-order chi connectivity index (χ0) is 11.9. The molecule has 17 heavy (non-hydrogen) atoms. The van der Waals surface area contributed by atoms with E-state index < -0.39 is 0 Å². The van der Waals surface area contributed by atoms with E-state index in [0.717, 1.165) is 10.2 Å². The summed E-state index contributed by atoms with van der Waals surface area (Å²) in [6.45, 7) is 1.68. The van der Waals surface area contributed by atoms with Gasteiger partial charge in [0.25, 0.3) is 0 Å². The van der Waals surface area contributed by atoms with Crippen LogP contribution in [0.25, 0.3) is 0 Å². The van der Waals surface area contributed by atoms with E-state index in [4.69, 9.17) is 15.2 Å². The molecule has 92 valence electrons. The molecular formula is C13H16BrNO2. The highest BCUT2D eigenvalue weighted by Gasteiger charge is 2.41. The van der Waals surface area contributed by atoms with Crippen molar-refractivity contribution in [2.24, 2.45) is 5.73 Å². The van der Waals surface area contributed by atoms with E-state index in [9.17, 15) is 0 Å². The summed E-state index contributed by atoms with van der Waals surface area (Å²) in [5.41, 5.74) is 8.62. The summed E-state index contributed by atoms with van der Waals surface area (Å²) in [5.74, 6) is 0.953. The molecule has 1 aliphatic carbocycles. The summed E-state index contributed by atoms with van der Waals surface area (Å²) in [6.07, 6.45) is 3.59. The van der Waals surface area contributed by atoms with Crippen molar-refractivity contribution in [3.63, 3.8) is 0 Å². The van der Waals surface area contributed by atoms with Gasteiger partial charge in [-0.05, 0) is 30.5 Å². The fourth-order valence-corrected chi connectivity index (χ4v) is 3.65. The fourth-order valence-electron chi connectivity index (χ4n) is 2.86. The van der Waals surface area contributed by atoms with Gasteiger partial charge in [0.15, 0.2) is 6.79 Å². The van der Waals surface area contributed by atoms with E-state index >= 15 is 0 Å². The number of hydrogen-bond donors (Lipinski definition) is 1. The standard InChI is InChI=1S/C13H16BrNO2/c14-10-2-3-11-9(6-16-8-17-11)12(10)13(7-15)4-1-5-13/h2-3H,1,4-8,15H2. The molecule has 0 radical (unpaired) electrons. The highest BCUT2D eigenvalue weighted by Crippen LogP contribution is 2.49. The van der Waals surface area contributed by atoms with Gasteiger partial charge in [-0.15, -0.1) is 0 Å². The molecule has 1 fully saturated rings. The Hall–Kier alpha value is -0.580. The van der Waals surface area contributed by atoms with Crippen molar-refractivity contribution < 1.29 is 9.47 Å². The van der Waals surface area contributed by atoms with Gasteiger partial charge < -0.3 is 15.2 Å². The average molecular weight is 298 g/mol. The van der Waals surface area contributed by atoms with Crippen molar-refractivity contribution in [3.8, 4) is 5.75 Å². The quantitative estimate of drug-likeness (QED) is 0.913. The SMILES string of the molecule is NCC1(c2c(Br)ccc3c2COCO3)CCC1. The topological polar surface area (TPSA) is 44.5 Å². The van der Waals surface area contributed by atoms with Gasteiger partial charge in [-0.25, -0.2) is 0 Å². The van der Waals surface area contributed by atoms with Crippen molar-refractivity contribution in [1.82, 2.24) is 0 Å². The molecule has 3 nitrogen and oxygen atoms in total. The van der Waals surface area contributed by atoms with E-state index in [1.165, 1.54) is 30.4 Å². The van der Waals surface area contributed by atoms with Gasteiger partial charge in [0.2, 0.25) is 0 Å². The molecule has 1 heterocycles. The Morgan fingerprint density at radius 1 is 1.35 bits per heavy atom. The summed E-state index contributed by atoms with van der Waals surface area (Å²) >= 11 is 3.66. The summed E-state index contributed by atoms with van der Waals surface area (Å²) < 4.78 is 12.1. The highest BCUT2D eigenvalue weighted by atomic mass is 79.9. The van der Waals surface area contributed by atoms with E-state index in [0.29, 0.717) is 19.9 Å². The maximum absolute atomic E-state index is 6.00. The predicted octanol–water partition coefficient (Wildman–Crippen LogP) is 2.70. The smallest absolute Gasteiger partial charge is 0.189 e. The molecule has 0 atom stereocenters. The molecule has 0 unspecified atom stereocenters. The summed E-state index contributed by atoms with van der Waals surface area (Å²) in [5, 5.41) is 0. The normalized spacial score (nSPS) is 21.3. The lowest BCUT2D eigenvalue weighted by Gasteiger charge is -2.44. The third kappa shape index (κ3) is 1.70. The van der Waals surface area contributed by atoms with Gasteiger partial charge >= 0.3 is 0 Å². The second-order valence-electron chi connectivity index (χ2n) is 4.85. The van der Waals surface area contributed by atoms with Gasteiger partial charge in [0, 0.05) is 22.0 Å². The molecule has 1 aromatic carbocycles. The maximum Gasteiger partial charge on any atom is 0.189 e. The van der Waals surface area contributed by atoms with E-state index in [1.54, 1.807) is 0 Å². The summed E-state index contributed by atoms with van der Waals surface area (Å²) in [4.78, 5) is 0. The molecule has 0 spiro atoms. The van der Waals surface area contributed by atoms with Crippen LogP contribution in [-0.4, -0.2) is 13.3 Å². The van der Waals surface area contributed by atoms with E-state index in [2.05, 4.69) is 22.0 Å². The third-order valence-corrected chi connectivity index (χ3v) is 4.66. The number of benzene rings is 1. The van der Waals surface area contributed by atoms with Gasteiger partial charge in [-0.2, -0.15) is 0 Å². The lowest BCUT2D eigenvalue weighted by atomic mass is 9.63. The molecule has 2 aliphatic rings. The number of fused-ring (bicyclic) bond motifs is 1. The van der Waals surface area contributed by atoms with Crippen molar-refractivity contribution in [3.05, 3.63) is 27.7 Å². The predicted molar refractivity (Wildman–Crippen MR) is 69.0 cm³/mol. The Morgan fingerprint density at radius 2 is 2.18 bits per heavy atom. The monoisotopic (exact) mass is 297 g/mol. The van der Waals surface area contributed by atoms with Crippen LogP contribution in [0, 0.1) is 0 Å². The highest BCUT2D eigenvalue weighted by molar-refractivity contribution is 9.10. The van der Waals surface area contributed by atoms with Crippen LogP contribution in [0.4, 0.5) is 0 Å². The first-order valence-electron chi connectivity index (χ1n) is 5.99. The van der Waals surface area contributed by atoms with Crippen LogP contribution in [-0.2, 0) is 16.8 Å². The molecule has 0 bridgehead atoms. The minimum atomic E-state index is 0.133. The minimum Gasteiger partial charge on any atom is -0.467 e. The van der Waals surface area contributed by atoms with Crippen molar-refractivity contribution in [2.45, 2.75) is 31.3 Å². The molecule has 2 N–H and O–H groups in total. The molecule has 4 heteroatoms. The average Bonchev–Trinajstić information content (AvgIpc) is 2.31. The first-order valence-corrected chi connectivity index (χ1v) is 6.79. The second kappa shape index (κ2) is 4.26. The second-order valence-corrected chi connectivity index (χ2v) is 5.70. The number of hydrogen-bond acceptors (Lipinski definition) is 3. The Kier molecular flexibility index (Phi) is 2.89. The number of ether oxygens (including phenoxy) is 2. The molecule has 0 saturated heterocycles. The Morgan fingerprint density at radius 3 is 2.82 bits per heavy atom. The first-order chi connectivity index (χ1) is 8.27. The molecular weight excluding hydrogens is 282 g/mol. The van der Waals surface area contributed by atoms with Gasteiger partial charge in [0.1, 0.15) is 5.75 Å². The van der Waals surface area contributed by atoms with Crippen LogP contribution in [0.5, 0.6) is 5.75 Å². The van der Waals surface area contributed by atoms with Crippen LogP contribution in [0.3, 0.4) is 0 Å². The Balaban J connectivity index is 2.14. The zero-order valence-electron chi connectivity index (χ0n) is 9.67. The molecule has 1 saturated carbocycles. The number of rotatable bonds is 2. The molecule has 1 aromatic rings. The fraction of sp³-hybridized carbons (Fsp3) is 0.538. The van der Waals surface area contributed by atoms with Crippen LogP contribution in [0.15, 0.2) is 16.6 Å². The third-order valence-electron chi connectivity index (χ3n) is 3.99. The largest absolute Gasteiger partial charge is 0.467 e. The molecule has 1 aliphatic heterocycles. The van der Waals surface area contributed by atoms with Crippen molar-refractivity contribution in [1.29, 1.82) is 0 Å². The van der Waals surface area contributed by atoms with Crippen LogP contribution in [0.2, 0.25) is 0 Å². The molecule has 0 aromatic heterocycles. The summed E-state index contributed by atoms with van der Waals surface area (Å²) in [6, 6.07) is 4.07. The summed E-state index contributed by atoms with van der Waals surface area (Å²) in [7, 11) is 0. The number of nitrogens with two attached hydrogens (primary N) is 1. The number of halogens is 1. The molecule has 3 rings (SSSR count). The van der Waals surface area contributed by atoms with Crippen LogP contribution < -0.4 is 10.5 Å². The maximum atomic E-state index is 6.00. The Bertz CT molecular complexity index is 438. The van der Waals surface area contributed by atoms with Crippen molar-refractivity contribution >= 4 is 15.9 Å². The zero-order valence-corrected chi connectivity index (χ0v) is 11.3. The van der Waals surface area contributed by atoms with E-state index in [-0.39, 0.29) is 5.41 Å². The van der Waals surface area contributed by atoms with Crippen molar-refractivity contribution in [2.75, 3.05) is 13.3 Å². The Labute approximate surface area is 109 Å².